The van der Waals surface area contributed by atoms with E-state index in [9.17, 15) is 9.90 Å². The van der Waals surface area contributed by atoms with Gasteiger partial charge in [0.2, 0.25) is 0 Å². The van der Waals surface area contributed by atoms with Crippen LogP contribution in [0.15, 0.2) is 24.3 Å². The van der Waals surface area contributed by atoms with Gasteiger partial charge in [0.15, 0.2) is 0 Å². The molecule has 0 unspecified atom stereocenters. The highest BCUT2D eigenvalue weighted by Crippen LogP contribution is 2.26. The first-order chi connectivity index (χ1) is 9.66. The predicted molar refractivity (Wildman–Crippen MR) is 80.6 cm³/mol. The Morgan fingerprint density at radius 1 is 1.10 bits per heavy atom. The first-order valence-electron chi connectivity index (χ1n) is 7.24. The van der Waals surface area contributed by atoms with Crippen LogP contribution in [0.3, 0.4) is 0 Å². The molecule has 1 aromatic heterocycles. The standard InChI is InChI=1S/C16H20N2O2/c1-17-14-7-6-13(18-8-4-2-3-5-9-18)10-12(14)11-15(17)16(19)20/h6-7,10-11H,2-5,8-9H2,1H3,(H,19,20). The summed E-state index contributed by atoms with van der Waals surface area (Å²) in [4.78, 5) is 13.6. The van der Waals surface area contributed by atoms with Gasteiger partial charge in [0.05, 0.1) is 0 Å². The van der Waals surface area contributed by atoms with E-state index in [4.69, 9.17) is 0 Å². The molecular weight excluding hydrogens is 252 g/mol. The molecule has 4 heteroatoms. The number of carboxylic acid groups (broad SMARTS) is 1. The molecule has 0 bridgehead atoms. The lowest BCUT2D eigenvalue weighted by Crippen LogP contribution is -2.23. The van der Waals surface area contributed by atoms with Crippen LogP contribution in [0.5, 0.6) is 0 Å². The molecule has 0 aliphatic carbocycles. The average molecular weight is 272 g/mol. The molecule has 0 amide bonds. The molecule has 2 heterocycles. The van der Waals surface area contributed by atoms with Crippen molar-refractivity contribution in [3.63, 3.8) is 0 Å². The Kier molecular flexibility index (Phi) is 3.38. The van der Waals surface area contributed by atoms with Crippen LogP contribution < -0.4 is 4.90 Å². The Labute approximate surface area is 118 Å². The average Bonchev–Trinajstić information content (AvgIpc) is 2.64. The van der Waals surface area contributed by atoms with Crippen molar-refractivity contribution >= 4 is 22.6 Å². The second-order valence-electron chi connectivity index (χ2n) is 5.54. The molecule has 20 heavy (non-hydrogen) atoms. The summed E-state index contributed by atoms with van der Waals surface area (Å²) >= 11 is 0. The molecule has 1 aliphatic rings. The summed E-state index contributed by atoms with van der Waals surface area (Å²) in [5.74, 6) is -0.875. The van der Waals surface area contributed by atoms with Crippen molar-refractivity contribution < 1.29 is 9.90 Å². The number of nitrogens with zero attached hydrogens (tertiary/aromatic N) is 2. The molecule has 1 aromatic carbocycles. The van der Waals surface area contributed by atoms with Gasteiger partial charge in [-0.15, -0.1) is 0 Å². The largest absolute Gasteiger partial charge is 0.477 e. The van der Waals surface area contributed by atoms with E-state index in [1.54, 1.807) is 17.7 Å². The molecule has 1 aliphatic heterocycles. The lowest BCUT2D eigenvalue weighted by molar-refractivity contribution is 0.0687. The second kappa shape index (κ2) is 5.19. The van der Waals surface area contributed by atoms with Gasteiger partial charge in [-0.1, -0.05) is 12.8 Å². The Morgan fingerprint density at radius 2 is 1.80 bits per heavy atom. The van der Waals surface area contributed by atoms with Crippen molar-refractivity contribution in [1.29, 1.82) is 0 Å². The van der Waals surface area contributed by atoms with Gasteiger partial charge in [-0.25, -0.2) is 4.79 Å². The fourth-order valence-corrected chi connectivity index (χ4v) is 3.07. The lowest BCUT2D eigenvalue weighted by atomic mass is 10.2. The summed E-state index contributed by atoms with van der Waals surface area (Å²) < 4.78 is 1.74. The van der Waals surface area contributed by atoms with Gasteiger partial charge in [-0.05, 0) is 37.1 Å². The molecule has 2 aromatic rings. The van der Waals surface area contributed by atoms with E-state index < -0.39 is 5.97 Å². The van der Waals surface area contributed by atoms with E-state index >= 15 is 0 Å². The van der Waals surface area contributed by atoms with Gasteiger partial charge in [-0.3, -0.25) is 0 Å². The van der Waals surface area contributed by atoms with Gasteiger partial charge in [-0.2, -0.15) is 0 Å². The number of hydrogen-bond acceptors (Lipinski definition) is 2. The van der Waals surface area contributed by atoms with Gasteiger partial charge in [0.25, 0.3) is 0 Å². The lowest BCUT2D eigenvalue weighted by Gasteiger charge is -2.22. The molecule has 1 saturated heterocycles. The van der Waals surface area contributed by atoms with Crippen LogP contribution in [0.25, 0.3) is 10.9 Å². The molecule has 0 spiro atoms. The summed E-state index contributed by atoms with van der Waals surface area (Å²) in [5, 5.41) is 10.2. The van der Waals surface area contributed by atoms with E-state index in [1.165, 1.54) is 31.4 Å². The van der Waals surface area contributed by atoms with Crippen molar-refractivity contribution in [2.24, 2.45) is 7.05 Å². The van der Waals surface area contributed by atoms with Crippen molar-refractivity contribution in [3.8, 4) is 0 Å². The molecule has 0 atom stereocenters. The maximum Gasteiger partial charge on any atom is 0.352 e. The van der Waals surface area contributed by atoms with E-state index in [0.717, 1.165) is 24.0 Å². The number of rotatable bonds is 2. The highest BCUT2D eigenvalue weighted by atomic mass is 16.4. The van der Waals surface area contributed by atoms with Crippen molar-refractivity contribution in [1.82, 2.24) is 4.57 Å². The van der Waals surface area contributed by atoms with E-state index in [0.29, 0.717) is 5.69 Å². The molecule has 4 nitrogen and oxygen atoms in total. The Bertz CT molecular complexity index is 637. The van der Waals surface area contributed by atoms with Gasteiger partial charge in [0, 0.05) is 36.7 Å². The summed E-state index contributed by atoms with van der Waals surface area (Å²) in [6, 6.07) is 8.02. The highest BCUT2D eigenvalue weighted by molar-refractivity contribution is 5.95. The number of carboxylic acids is 1. The zero-order chi connectivity index (χ0) is 14.1. The molecular formula is C16H20N2O2. The molecule has 3 rings (SSSR count). The number of fused-ring (bicyclic) bond motifs is 1. The Hall–Kier alpha value is -1.97. The quantitative estimate of drug-likeness (QED) is 0.912. The summed E-state index contributed by atoms with van der Waals surface area (Å²) in [6.07, 6.45) is 5.11. The van der Waals surface area contributed by atoms with Crippen LogP contribution in [0.2, 0.25) is 0 Å². The SMILES string of the molecule is Cn1c(C(=O)O)cc2cc(N3CCCCCC3)ccc21. The van der Waals surface area contributed by atoms with Crippen LogP contribution in [-0.4, -0.2) is 28.7 Å². The number of aromatic carboxylic acids is 1. The predicted octanol–water partition coefficient (Wildman–Crippen LogP) is 3.26. The minimum absolute atomic E-state index is 0.341. The third kappa shape index (κ3) is 2.26. The van der Waals surface area contributed by atoms with Gasteiger partial charge >= 0.3 is 5.97 Å². The van der Waals surface area contributed by atoms with E-state index in [2.05, 4.69) is 17.0 Å². The third-order valence-electron chi connectivity index (χ3n) is 4.22. The molecule has 0 saturated carbocycles. The number of anilines is 1. The van der Waals surface area contributed by atoms with E-state index in [1.807, 2.05) is 6.07 Å². The fourth-order valence-electron chi connectivity index (χ4n) is 3.07. The zero-order valence-corrected chi connectivity index (χ0v) is 11.8. The fraction of sp³-hybridized carbons (Fsp3) is 0.438. The van der Waals surface area contributed by atoms with Gasteiger partial charge in [0.1, 0.15) is 5.69 Å². The van der Waals surface area contributed by atoms with Crippen LogP contribution in [-0.2, 0) is 7.05 Å². The number of hydrogen-bond donors (Lipinski definition) is 1. The summed E-state index contributed by atoms with van der Waals surface area (Å²) in [7, 11) is 1.80. The topological polar surface area (TPSA) is 45.5 Å². The molecule has 1 fully saturated rings. The first-order valence-corrected chi connectivity index (χ1v) is 7.24. The highest BCUT2D eigenvalue weighted by Gasteiger charge is 2.14. The minimum atomic E-state index is -0.875. The molecule has 106 valence electrons. The van der Waals surface area contributed by atoms with Crippen molar-refractivity contribution in [2.75, 3.05) is 18.0 Å². The third-order valence-corrected chi connectivity index (χ3v) is 4.22. The zero-order valence-electron chi connectivity index (χ0n) is 11.8. The normalized spacial score (nSPS) is 16.4. The van der Waals surface area contributed by atoms with Crippen molar-refractivity contribution in [3.05, 3.63) is 30.0 Å². The monoisotopic (exact) mass is 272 g/mol. The second-order valence-corrected chi connectivity index (χ2v) is 5.54. The van der Waals surface area contributed by atoms with Crippen LogP contribution in [0.1, 0.15) is 36.2 Å². The van der Waals surface area contributed by atoms with Crippen molar-refractivity contribution in [2.45, 2.75) is 25.7 Å². The maximum atomic E-state index is 11.2. The Morgan fingerprint density at radius 3 is 2.45 bits per heavy atom. The number of aromatic nitrogens is 1. The first kappa shape index (κ1) is 13.0. The van der Waals surface area contributed by atoms with E-state index in [-0.39, 0.29) is 0 Å². The number of benzene rings is 1. The number of aryl methyl sites for hydroxylation is 1. The smallest absolute Gasteiger partial charge is 0.352 e. The summed E-state index contributed by atoms with van der Waals surface area (Å²) in [5.41, 5.74) is 2.52. The van der Waals surface area contributed by atoms with Crippen LogP contribution in [0, 0.1) is 0 Å². The Balaban J connectivity index is 1.99. The van der Waals surface area contributed by atoms with Crippen LogP contribution >= 0.6 is 0 Å². The summed E-state index contributed by atoms with van der Waals surface area (Å²) in [6.45, 7) is 2.20. The maximum absolute atomic E-state index is 11.2. The van der Waals surface area contributed by atoms with Gasteiger partial charge < -0.3 is 14.6 Å². The molecule has 1 N–H and O–H groups in total. The number of carbonyl (C=O) groups is 1. The molecule has 0 radical (unpaired) electrons. The van der Waals surface area contributed by atoms with Crippen LogP contribution in [0.4, 0.5) is 5.69 Å². The minimum Gasteiger partial charge on any atom is -0.477 e.